The molecule has 2 N–H and O–H groups in total. The maximum atomic E-state index is 12.3. The number of carbonyl (C=O) groups is 1. The van der Waals surface area contributed by atoms with E-state index in [0.717, 1.165) is 35.2 Å². The van der Waals surface area contributed by atoms with Crippen molar-refractivity contribution < 1.29 is 9.53 Å². The molecule has 1 aliphatic rings. The third kappa shape index (κ3) is 4.18. The van der Waals surface area contributed by atoms with Crippen LogP contribution in [0.1, 0.15) is 30.2 Å². The number of ether oxygens (including phenoxy) is 1. The van der Waals surface area contributed by atoms with E-state index in [1.54, 1.807) is 4.90 Å². The molecule has 1 aliphatic heterocycles. The number of aromatic nitrogens is 1. The normalized spacial score (nSPS) is 14.1. The van der Waals surface area contributed by atoms with Crippen molar-refractivity contribution in [2.75, 3.05) is 18.8 Å². The molecule has 2 aromatic rings. The predicted octanol–water partition coefficient (Wildman–Crippen LogP) is 3.65. The van der Waals surface area contributed by atoms with E-state index in [-0.39, 0.29) is 12.7 Å². The monoisotopic (exact) mass is 337 g/mol. The number of amides is 1. The van der Waals surface area contributed by atoms with Crippen LogP contribution >= 0.6 is 0 Å². The minimum Gasteiger partial charge on any atom is -0.445 e. The number of aryl methyl sites for hydroxylation is 1. The molecule has 0 spiro atoms. The van der Waals surface area contributed by atoms with Gasteiger partial charge in [0.05, 0.1) is 12.2 Å². The molecule has 0 atom stereocenters. The van der Waals surface area contributed by atoms with Gasteiger partial charge in [0.25, 0.3) is 0 Å². The number of anilines is 1. The lowest BCUT2D eigenvalue weighted by molar-refractivity contribution is 0.100. The Hall–Kier alpha value is -2.82. The molecule has 1 aromatic carbocycles. The van der Waals surface area contributed by atoms with Crippen LogP contribution in [0.15, 0.2) is 48.5 Å². The zero-order chi connectivity index (χ0) is 17.6. The van der Waals surface area contributed by atoms with Gasteiger partial charge in [0.15, 0.2) is 0 Å². The molecule has 25 heavy (non-hydrogen) atoms. The third-order valence-electron chi connectivity index (χ3n) is 4.34. The largest absolute Gasteiger partial charge is 0.445 e. The van der Waals surface area contributed by atoms with Crippen molar-refractivity contribution in [1.82, 2.24) is 9.88 Å². The molecule has 0 aliphatic carbocycles. The van der Waals surface area contributed by atoms with Gasteiger partial charge in [-0.2, -0.15) is 0 Å². The van der Waals surface area contributed by atoms with Crippen molar-refractivity contribution in [3.8, 4) is 0 Å². The maximum absolute atomic E-state index is 12.3. The molecule has 0 saturated carbocycles. The molecule has 0 unspecified atom stereocenters. The van der Waals surface area contributed by atoms with Crippen molar-refractivity contribution in [3.05, 3.63) is 65.4 Å². The van der Waals surface area contributed by atoms with Gasteiger partial charge in [-0.3, -0.25) is 0 Å². The Labute approximate surface area is 148 Å². The van der Waals surface area contributed by atoms with E-state index in [4.69, 9.17) is 10.5 Å². The number of nitrogens with two attached hydrogens (primary N) is 1. The average molecular weight is 337 g/mol. The van der Waals surface area contributed by atoms with Crippen molar-refractivity contribution in [3.63, 3.8) is 0 Å². The Bertz CT molecular complexity index is 772. The topological polar surface area (TPSA) is 68.5 Å². The van der Waals surface area contributed by atoms with Crippen LogP contribution in [0.25, 0.3) is 5.57 Å². The van der Waals surface area contributed by atoms with Crippen molar-refractivity contribution in [2.45, 2.75) is 26.4 Å². The highest BCUT2D eigenvalue weighted by Gasteiger charge is 2.21. The fraction of sp³-hybridized carbons (Fsp3) is 0.300. The molecule has 2 heterocycles. The smallest absolute Gasteiger partial charge is 0.410 e. The highest BCUT2D eigenvalue weighted by molar-refractivity contribution is 5.74. The molecule has 5 heteroatoms. The fourth-order valence-corrected chi connectivity index (χ4v) is 2.88. The quantitative estimate of drug-likeness (QED) is 0.924. The van der Waals surface area contributed by atoms with Gasteiger partial charge >= 0.3 is 6.09 Å². The zero-order valence-electron chi connectivity index (χ0n) is 14.4. The lowest BCUT2D eigenvalue weighted by Gasteiger charge is -2.26. The van der Waals surface area contributed by atoms with Gasteiger partial charge < -0.3 is 15.4 Å². The van der Waals surface area contributed by atoms with Gasteiger partial charge in [0, 0.05) is 6.54 Å². The molecule has 0 bridgehead atoms. The first-order chi connectivity index (χ1) is 12.2. The molecule has 130 valence electrons. The second kappa shape index (κ2) is 7.83. The van der Waals surface area contributed by atoms with Crippen LogP contribution < -0.4 is 5.73 Å². The summed E-state index contributed by atoms with van der Waals surface area (Å²) in [6, 6.07) is 13.7. The van der Waals surface area contributed by atoms with Gasteiger partial charge in [-0.1, -0.05) is 49.4 Å². The van der Waals surface area contributed by atoms with Gasteiger partial charge in [-0.25, -0.2) is 9.78 Å². The van der Waals surface area contributed by atoms with Crippen LogP contribution in [0.3, 0.4) is 0 Å². The summed E-state index contributed by atoms with van der Waals surface area (Å²) in [4.78, 5) is 18.5. The van der Waals surface area contributed by atoms with Crippen molar-refractivity contribution in [1.29, 1.82) is 0 Å². The first kappa shape index (κ1) is 17.0. The number of nitrogens with zero attached hydrogens (tertiary/aromatic N) is 2. The van der Waals surface area contributed by atoms with Crippen molar-refractivity contribution in [2.24, 2.45) is 0 Å². The standard InChI is InChI=1S/C20H23N3O2/c1-2-16-10-11-18(22-19(16)21)17-9-6-12-23(13-17)20(24)25-14-15-7-4-3-5-8-15/h3-5,7-11H,2,6,12-14H2,1H3,(H2,21,22). The molecular weight excluding hydrogens is 314 g/mol. The highest BCUT2D eigenvalue weighted by Crippen LogP contribution is 2.22. The van der Waals surface area contributed by atoms with Gasteiger partial charge in [0.2, 0.25) is 0 Å². The Morgan fingerprint density at radius 3 is 2.76 bits per heavy atom. The van der Waals surface area contributed by atoms with Crippen LogP contribution in [-0.4, -0.2) is 29.1 Å². The number of nitrogen functional groups attached to an aromatic ring is 1. The number of pyridine rings is 1. The number of hydrogen-bond acceptors (Lipinski definition) is 4. The van der Waals surface area contributed by atoms with E-state index in [9.17, 15) is 4.79 Å². The lowest BCUT2D eigenvalue weighted by atomic mass is 10.0. The molecule has 1 aromatic heterocycles. The summed E-state index contributed by atoms with van der Waals surface area (Å²) in [5, 5.41) is 0. The van der Waals surface area contributed by atoms with E-state index in [1.807, 2.05) is 42.5 Å². The summed E-state index contributed by atoms with van der Waals surface area (Å²) in [5.74, 6) is 0.560. The maximum Gasteiger partial charge on any atom is 0.410 e. The first-order valence-electron chi connectivity index (χ1n) is 8.57. The molecule has 0 radical (unpaired) electrons. The van der Waals surface area contributed by atoms with E-state index in [0.29, 0.717) is 18.9 Å². The predicted molar refractivity (Wildman–Crippen MR) is 98.8 cm³/mol. The summed E-state index contributed by atoms with van der Waals surface area (Å²) < 4.78 is 5.43. The fourth-order valence-electron chi connectivity index (χ4n) is 2.88. The zero-order valence-corrected chi connectivity index (χ0v) is 14.4. The van der Waals surface area contributed by atoms with Crippen LogP contribution in [-0.2, 0) is 17.8 Å². The SMILES string of the molecule is CCc1ccc(C2=CCCN(C(=O)OCc3ccccc3)C2)nc1N. The summed E-state index contributed by atoms with van der Waals surface area (Å²) in [7, 11) is 0. The molecule has 5 nitrogen and oxygen atoms in total. The lowest BCUT2D eigenvalue weighted by Crippen LogP contribution is -2.36. The number of hydrogen-bond donors (Lipinski definition) is 1. The Morgan fingerprint density at radius 2 is 2.04 bits per heavy atom. The van der Waals surface area contributed by atoms with Crippen LogP contribution in [0.4, 0.5) is 10.6 Å². The van der Waals surface area contributed by atoms with Crippen LogP contribution in [0, 0.1) is 0 Å². The second-order valence-corrected chi connectivity index (χ2v) is 6.07. The minimum absolute atomic E-state index is 0.283. The summed E-state index contributed by atoms with van der Waals surface area (Å²) in [6.45, 7) is 3.48. The van der Waals surface area contributed by atoms with Crippen LogP contribution in [0.2, 0.25) is 0 Å². The van der Waals surface area contributed by atoms with E-state index >= 15 is 0 Å². The highest BCUT2D eigenvalue weighted by atomic mass is 16.6. The van der Waals surface area contributed by atoms with Crippen LogP contribution in [0.5, 0.6) is 0 Å². The Balaban J connectivity index is 1.63. The number of benzene rings is 1. The molecule has 0 fully saturated rings. The molecule has 1 amide bonds. The second-order valence-electron chi connectivity index (χ2n) is 6.07. The summed E-state index contributed by atoms with van der Waals surface area (Å²) >= 11 is 0. The van der Waals surface area contributed by atoms with E-state index < -0.39 is 0 Å². The molecule has 0 saturated heterocycles. The summed E-state index contributed by atoms with van der Waals surface area (Å²) in [5.41, 5.74) is 9.86. The number of carbonyl (C=O) groups excluding carboxylic acids is 1. The minimum atomic E-state index is -0.299. The molecular formula is C20H23N3O2. The Kier molecular flexibility index (Phi) is 5.33. The van der Waals surface area contributed by atoms with E-state index in [2.05, 4.69) is 18.0 Å². The number of rotatable bonds is 4. The average Bonchev–Trinajstić information content (AvgIpc) is 2.67. The Morgan fingerprint density at radius 1 is 1.24 bits per heavy atom. The molecule has 3 rings (SSSR count). The van der Waals surface area contributed by atoms with E-state index in [1.165, 1.54) is 0 Å². The van der Waals surface area contributed by atoms with Gasteiger partial charge in [-0.05, 0) is 35.6 Å². The first-order valence-corrected chi connectivity index (χ1v) is 8.57. The van der Waals surface area contributed by atoms with Gasteiger partial charge in [0.1, 0.15) is 12.4 Å². The van der Waals surface area contributed by atoms with Gasteiger partial charge in [-0.15, -0.1) is 0 Å². The van der Waals surface area contributed by atoms with Crippen molar-refractivity contribution >= 4 is 17.5 Å². The summed E-state index contributed by atoms with van der Waals surface area (Å²) in [6.07, 6.45) is 3.46. The third-order valence-corrected chi connectivity index (χ3v) is 4.34.